The van der Waals surface area contributed by atoms with Gasteiger partial charge in [0.2, 0.25) is 0 Å². The second kappa shape index (κ2) is 8.56. The number of alkyl halides is 2. The first-order valence-electron chi connectivity index (χ1n) is 7.99. The van der Waals surface area contributed by atoms with Gasteiger partial charge in [0.1, 0.15) is 17.3 Å². The van der Waals surface area contributed by atoms with Crippen molar-refractivity contribution in [2.24, 2.45) is 0 Å². The smallest absolute Gasteiger partial charge is 0.404 e. The second-order valence-corrected chi connectivity index (χ2v) is 8.33. The lowest BCUT2D eigenvalue weighted by Crippen LogP contribution is -2.18. The minimum absolute atomic E-state index is 0.0725. The van der Waals surface area contributed by atoms with Gasteiger partial charge in [-0.15, -0.1) is 11.3 Å². The van der Waals surface area contributed by atoms with Crippen LogP contribution in [0.5, 0.6) is 0 Å². The molecule has 5 nitrogen and oxygen atoms in total. The maximum Gasteiger partial charge on any atom is 0.404 e. The molecule has 2 aromatic rings. The highest BCUT2D eigenvalue weighted by Crippen LogP contribution is 2.67. The minimum atomic E-state index is -4.87. The van der Waals surface area contributed by atoms with Gasteiger partial charge in [-0.2, -0.15) is 8.78 Å². The minimum Gasteiger partial charge on any atom is -0.457 e. The first-order chi connectivity index (χ1) is 12.7. The van der Waals surface area contributed by atoms with Crippen molar-refractivity contribution < 1.29 is 36.3 Å². The number of halogens is 3. The Kier molecular flexibility index (Phi) is 6.86. The quantitative estimate of drug-likeness (QED) is 0.295. The zero-order chi connectivity index (χ0) is 20.2. The lowest BCUT2D eigenvalue weighted by molar-refractivity contribution is 0.0374. The number of carbonyl (C=O) groups is 1. The van der Waals surface area contributed by atoms with Gasteiger partial charge in [0, 0.05) is 10.1 Å². The molecule has 0 atom stereocenters. The molecule has 0 aliphatic carbocycles. The molecule has 148 valence electrons. The van der Waals surface area contributed by atoms with E-state index >= 15 is 8.78 Å². The zero-order valence-electron chi connectivity index (χ0n) is 14.7. The highest BCUT2D eigenvalue weighted by Gasteiger charge is 2.55. The number of esters is 1. The second-order valence-electron chi connectivity index (χ2n) is 5.21. The highest BCUT2D eigenvalue weighted by molar-refractivity contribution is 7.54. The van der Waals surface area contributed by atoms with Crippen molar-refractivity contribution in [3.05, 3.63) is 47.1 Å². The Morgan fingerprint density at radius 1 is 1.30 bits per heavy atom. The van der Waals surface area contributed by atoms with Gasteiger partial charge >= 0.3 is 19.2 Å². The van der Waals surface area contributed by atoms with Crippen LogP contribution in [0, 0.1) is 5.82 Å². The van der Waals surface area contributed by atoms with Gasteiger partial charge in [-0.1, -0.05) is 12.7 Å². The summed E-state index contributed by atoms with van der Waals surface area (Å²) in [6, 6.07) is 2.75. The summed E-state index contributed by atoms with van der Waals surface area (Å²) >= 11 is 0.615. The van der Waals surface area contributed by atoms with E-state index in [4.69, 9.17) is 13.8 Å². The predicted octanol–water partition coefficient (Wildman–Crippen LogP) is 5.70. The molecule has 1 heterocycles. The Hall–Kier alpha value is -1.67. The molecule has 1 aromatic heterocycles. The van der Waals surface area contributed by atoms with Gasteiger partial charge in [0.15, 0.2) is 0 Å². The van der Waals surface area contributed by atoms with Crippen molar-refractivity contribution in [1.82, 2.24) is 0 Å². The van der Waals surface area contributed by atoms with Crippen molar-refractivity contribution in [2.75, 3.05) is 19.8 Å². The monoisotopic (exact) mass is 422 g/mol. The summed E-state index contributed by atoms with van der Waals surface area (Å²) in [5.74, 6) is -1.60. The average molecular weight is 422 g/mol. The van der Waals surface area contributed by atoms with Crippen LogP contribution in [0.25, 0.3) is 10.1 Å². The molecule has 10 heteroatoms. The fourth-order valence-electron chi connectivity index (χ4n) is 2.32. The summed E-state index contributed by atoms with van der Waals surface area (Å²) in [6.07, 6.45) is 1.34. The van der Waals surface area contributed by atoms with Crippen LogP contribution in [0.3, 0.4) is 0 Å². The third-order valence-corrected chi connectivity index (χ3v) is 6.70. The molecular weight excluding hydrogens is 404 g/mol. The van der Waals surface area contributed by atoms with E-state index in [2.05, 4.69) is 6.58 Å². The van der Waals surface area contributed by atoms with E-state index in [9.17, 15) is 13.8 Å². The van der Waals surface area contributed by atoms with E-state index < -0.39 is 30.6 Å². The maximum absolute atomic E-state index is 15.1. The van der Waals surface area contributed by atoms with Crippen LogP contribution in [0.15, 0.2) is 30.9 Å². The molecule has 27 heavy (non-hydrogen) atoms. The van der Waals surface area contributed by atoms with Crippen molar-refractivity contribution in [1.29, 1.82) is 0 Å². The fraction of sp³-hybridized carbons (Fsp3) is 0.353. The van der Waals surface area contributed by atoms with E-state index in [-0.39, 0.29) is 34.8 Å². The van der Waals surface area contributed by atoms with E-state index in [1.807, 2.05) is 0 Å². The summed E-state index contributed by atoms with van der Waals surface area (Å²) in [7, 11) is -4.87. The molecule has 0 aliphatic heterocycles. The first kappa shape index (κ1) is 21.6. The van der Waals surface area contributed by atoms with Crippen LogP contribution in [0.4, 0.5) is 13.2 Å². The molecule has 0 saturated carbocycles. The molecule has 2 rings (SSSR count). The molecule has 0 N–H and O–H groups in total. The van der Waals surface area contributed by atoms with Gasteiger partial charge in [0.25, 0.3) is 0 Å². The van der Waals surface area contributed by atoms with Crippen molar-refractivity contribution in [3.63, 3.8) is 0 Å². The molecule has 0 bridgehead atoms. The van der Waals surface area contributed by atoms with Gasteiger partial charge in [-0.05, 0) is 32.0 Å². The fourth-order valence-corrected chi connectivity index (χ4v) is 5.07. The first-order valence-corrected chi connectivity index (χ1v) is 10.3. The number of fused-ring (bicyclic) bond motifs is 1. The van der Waals surface area contributed by atoms with Crippen LogP contribution in [0.2, 0.25) is 0 Å². The Labute approximate surface area is 158 Å². The van der Waals surface area contributed by atoms with Gasteiger partial charge in [-0.3, -0.25) is 4.57 Å². The van der Waals surface area contributed by atoms with Crippen molar-refractivity contribution in [3.8, 4) is 0 Å². The number of hydrogen-bond donors (Lipinski definition) is 0. The summed E-state index contributed by atoms with van der Waals surface area (Å²) < 4.78 is 71.1. The molecule has 0 amide bonds. The number of hydrogen-bond acceptors (Lipinski definition) is 6. The summed E-state index contributed by atoms with van der Waals surface area (Å²) in [6.45, 7) is 5.60. The van der Waals surface area contributed by atoms with Gasteiger partial charge in [0.05, 0.1) is 18.8 Å². The average Bonchev–Trinajstić information content (AvgIpc) is 3.06. The number of rotatable bonds is 9. The van der Waals surface area contributed by atoms with Crippen molar-refractivity contribution in [2.45, 2.75) is 19.5 Å². The van der Waals surface area contributed by atoms with Crippen LogP contribution in [0.1, 0.15) is 29.1 Å². The molecular formula is C17H18F3O5PS. The molecule has 0 spiro atoms. The Balaban J connectivity index is 2.62. The lowest BCUT2D eigenvalue weighted by atomic mass is 10.1. The Morgan fingerprint density at radius 3 is 2.48 bits per heavy atom. The topological polar surface area (TPSA) is 61.8 Å². The standard InChI is InChI=1S/C17H18F3O5PS/c1-4-9-23-16(21)14-10-11-13(18)8-7-12(15(11)27-14)17(19,20)26(22,24-5-2)25-6-3/h4,7-8,10H,1,5-6,9H2,2-3H3. The van der Waals surface area contributed by atoms with Gasteiger partial charge < -0.3 is 13.8 Å². The molecule has 0 saturated heterocycles. The largest absolute Gasteiger partial charge is 0.457 e. The number of thiophene rings is 1. The van der Waals surface area contributed by atoms with Crippen LogP contribution in [-0.2, 0) is 24.0 Å². The SMILES string of the molecule is C=CCOC(=O)c1cc2c(F)ccc(C(F)(F)P(=O)(OCC)OCC)c2s1. The van der Waals surface area contributed by atoms with E-state index in [0.29, 0.717) is 11.3 Å². The number of benzene rings is 1. The number of carbonyl (C=O) groups excluding carboxylic acids is 1. The highest BCUT2D eigenvalue weighted by atomic mass is 32.1. The van der Waals surface area contributed by atoms with E-state index in [0.717, 1.165) is 18.2 Å². The van der Waals surface area contributed by atoms with Gasteiger partial charge in [-0.25, -0.2) is 9.18 Å². The molecule has 0 unspecified atom stereocenters. The summed E-state index contributed by atoms with van der Waals surface area (Å²) in [4.78, 5) is 11.9. The zero-order valence-corrected chi connectivity index (χ0v) is 16.4. The normalized spacial score (nSPS) is 12.3. The van der Waals surface area contributed by atoms with E-state index in [1.54, 1.807) is 0 Å². The Bertz CT molecular complexity index is 886. The molecule has 1 aromatic carbocycles. The summed E-state index contributed by atoms with van der Waals surface area (Å²) in [5, 5.41) is -0.206. The lowest BCUT2D eigenvalue weighted by Gasteiger charge is -2.26. The molecule has 0 fully saturated rings. The Morgan fingerprint density at radius 2 is 1.93 bits per heavy atom. The van der Waals surface area contributed by atoms with Crippen molar-refractivity contribution >= 4 is 35.0 Å². The van der Waals surface area contributed by atoms with Crippen LogP contribution < -0.4 is 0 Å². The summed E-state index contributed by atoms with van der Waals surface area (Å²) in [5.41, 5.74) is -4.78. The maximum atomic E-state index is 15.1. The third-order valence-electron chi connectivity index (χ3n) is 3.43. The molecule has 0 aliphatic rings. The third kappa shape index (κ3) is 4.11. The van der Waals surface area contributed by atoms with Crippen LogP contribution in [-0.4, -0.2) is 25.8 Å². The molecule has 0 radical (unpaired) electrons. The van der Waals surface area contributed by atoms with E-state index in [1.165, 1.54) is 19.9 Å². The number of ether oxygens (including phenoxy) is 1. The van der Waals surface area contributed by atoms with Crippen LogP contribution >= 0.6 is 18.9 Å². The predicted molar refractivity (Wildman–Crippen MR) is 97.0 cm³/mol.